The maximum Gasteiger partial charge on any atom is 0.175 e. The molecule has 0 atom stereocenters. The number of rotatable bonds is 2. The summed E-state index contributed by atoms with van der Waals surface area (Å²) in [5, 5.41) is 3.61. The van der Waals surface area contributed by atoms with E-state index in [-0.39, 0.29) is 10.7 Å². The summed E-state index contributed by atoms with van der Waals surface area (Å²) in [6.45, 7) is 3.75. The molecule has 0 radical (unpaired) electrons. The second-order valence-electron chi connectivity index (χ2n) is 4.30. The standard InChI is InChI=1S/C12H14N2O3S/c1-7-4-9(18(3,15)16)5-10(8(7)2)11-6-12(13)14-17-11/h4-6H,1-3H3,(H2,13,14). The molecule has 96 valence electrons. The van der Waals surface area contributed by atoms with Crippen molar-refractivity contribution in [1.82, 2.24) is 5.16 Å². The summed E-state index contributed by atoms with van der Waals surface area (Å²) in [4.78, 5) is 0.260. The Balaban J connectivity index is 2.71. The van der Waals surface area contributed by atoms with Crippen molar-refractivity contribution in [1.29, 1.82) is 0 Å². The Hall–Kier alpha value is -1.82. The second-order valence-corrected chi connectivity index (χ2v) is 6.32. The largest absolute Gasteiger partial charge is 0.381 e. The number of sulfone groups is 1. The van der Waals surface area contributed by atoms with Gasteiger partial charge in [0, 0.05) is 17.9 Å². The molecule has 1 aromatic heterocycles. The van der Waals surface area contributed by atoms with E-state index in [1.165, 1.54) is 6.26 Å². The van der Waals surface area contributed by atoms with Crippen LogP contribution in [0.4, 0.5) is 5.82 Å². The third kappa shape index (κ3) is 2.24. The molecule has 0 aliphatic rings. The van der Waals surface area contributed by atoms with E-state index in [4.69, 9.17) is 10.3 Å². The van der Waals surface area contributed by atoms with E-state index >= 15 is 0 Å². The molecule has 2 rings (SSSR count). The summed E-state index contributed by atoms with van der Waals surface area (Å²) < 4.78 is 28.3. The molecule has 1 aromatic carbocycles. The number of hydrogen-bond donors (Lipinski definition) is 1. The SMILES string of the molecule is Cc1cc(S(C)(=O)=O)cc(-c2cc(N)no2)c1C. The first-order valence-corrected chi connectivity index (χ1v) is 7.22. The second kappa shape index (κ2) is 4.13. The van der Waals surface area contributed by atoms with Crippen LogP contribution in [0, 0.1) is 13.8 Å². The first-order chi connectivity index (χ1) is 8.29. The van der Waals surface area contributed by atoms with Gasteiger partial charge in [-0.05, 0) is 37.1 Å². The van der Waals surface area contributed by atoms with E-state index in [1.807, 2.05) is 13.8 Å². The van der Waals surface area contributed by atoms with Crippen molar-refractivity contribution in [3.05, 3.63) is 29.3 Å². The van der Waals surface area contributed by atoms with Crippen LogP contribution in [0.1, 0.15) is 11.1 Å². The van der Waals surface area contributed by atoms with Gasteiger partial charge < -0.3 is 10.3 Å². The first-order valence-electron chi connectivity index (χ1n) is 5.33. The molecule has 0 unspecified atom stereocenters. The minimum absolute atomic E-state index is 0.260. The topological polar surface area (TPSA) is 86.2 Å². The van der Waals surface area contributed by atoms with Gasteiger partial charge in [0.2, 0.25) is 0 Å². The molecule has 0 aliphatic carbocycles. The highest BCUT2D eigenvalue weighted by molar-refractivity contribution is 7.90. The number of anilines is 1. The van der Waals surface area contributed by atoms with Crippen LogP contribution >= 0.6 is 0 Å². The fourth-order valence-electron chi connectivity index (χ4n) is 1.71. The van der Waals surface area contributed by atoms with Crippen molar-refractivity contribution < 1.29 is 12.9 Å². The van der Waals surface area contributed by atoms with Gasteiger partial charge in [-0.2, -0.15) is 0 Å². The van der Waals surface area contributed by atoms with Crippen molar-refractivity contribution >= 4 is 15.7 Å². The Morgan fingerprint density at radius 1 is 1.22 bits per heavy atom. The lowest BCUT2D eigenvalue weighted by Crippen LogP contribution is -1.99. The highest BCUT2D eigenvalue weighted by Gasteiger charge is 2.15. The molecule has 5 nitrogen and oxygen atoms in total. The van der Waals surface area contributed by atoms with Crippen LogP contribution in [0.3, 0.4) is 0 Å². The highest BCUT2D eigenvalue weighted by Crippen LogP contribution is 2.29. The normalized spacial score (nSPS) is 11.7. The van der Waals surface area contributed by atoms with Gasteiger partial charge >= 0.3 is 0 Å². The fourth-order valence-corrected chi connectivity index (χ4v) is 2.43. The Morgan fingerprint density at radius 2 is 1.89 bits per heavy atom. The van der Waals surface area contributed by atoms with Crippen LogP contribution in [0.5, 0.6) is 0 Å². The number of benzene rings is 1. The molecule has 1 heterocycles. The number of nitrogens with two attached hydrogens (primary N) is 1. The van der Waals surface area contributed by atoms with Crippen LogP contribution in [0.2, 0.25) is 0 Å². The predicted molar refractivity (Wildman–Crippen MR) is 68.9 cm³/mol. The molecule has 0 bridgehead atoms. The zero-order valence-corrected chi connectivity index (χ0v) is 11.2. The smallest absolute Gasteiger partial charge is 0.175 e. The molecule has 0 fully saturated rings. The van der Waals surface area contributed by atoms with Gasteiger partial charge in [-0.3, -0.25) is 0 Å². The van der Waals surface area contributed by atoms with Crippen molar-refractivity contribution in [3.8, 4) is 11.3 Å². The molecule has 0 saturated heterocycles. The first kappa shape index (κ1) is 12.6. The van der Waals surface area contributed by atoms with Gasteiger partial charge in [-0.25, -0.2) is 8.42 Å². The Labute approximate surface area is 106 Å². The highest BCUT2D eigenvalue weighted by atomic mass is 32.2. The van der Waals surface area contributed by atoms with Crippen LogP contribution in [0.15, 0.2) is 27.6 Å². The summed E-state index contributed by atoms with van der Waals surface area (Å²) >= 11 is 0. The van der Waals surface area contributed by atoms with E-state index in [0.29, 0.717) is 11.3 Å². The predicted octanol–water partition coefficient (Wildman–Crippen LogP) is 1.94. The van der Waals surface area contributed by atoms with Crippen LogP contribution in [-0.2, 0) is 9.84 Å². The number of hydrogen-bond acceptors (Lipinski definition) is 5. The van der Waals surface area contributed by atoms with Crippen LogP contribution < -0.4 is 5.73 Å². The fraction of sp³-hybridized carbons (Fsp3) is 0.250. The van der Waals surface area contributed by atoms with Crippen LogP contribution in [0.25, 0.3) is 11.3 Å². The minimum atomic E-state index is -3.26. The molecule has 0 spiro atoms. The summed E-state index contributed by atoms with van der Waals surface area (Å²) in [5.41, 5.74) is 8.02. The third-order valence-corrected chi connectivity index (χ3v) is 3.95. The van der Waals surface area contributed by atoms with Crippen molar-refractivity contribution in [2.24, 2.45) is 0 Å². The molecule has 0 aliphatic heterocycles. The van der Waals surface area contributed by atoms with E-state index in [0.717, 1.165) is 11.1 Å². The number of nitrogen functional groups attached to an aromatic ring is 1. The van der Waals surface area contributed by atoms with Gasteiger partial charge in [-0.15, -0.1) is 0 Å². The summed E-state index contributed by atoms with van der Waals surface area (Å²) in [6.07, 6.45) is 1.18. The average Bonchev–Trinajstić information content (AvgIpc) is 2.67. The van der Waals surface area contributed by atoms with E-state index in [1.54, 1.807) is 18.2 Å². The van der Waals surface area contributed by atoms with E-state index in [9.17, 15) is 8.42 Å². The zero-order chi connectivity index (χ0) is 13.5. The van der Waals surface area contributed by atoms with Crippen molar-refractivity contribution in [2.45, 2.75) is 18.7 Å². The number of aromatic nitrogens is 1. The number of aryl methyl sites for hydroxylation is 1. The molecule has 2 N–H and O–H groups in total. The third-order valence-electron chi connectivity index (χ3n) is 2.86. The van der Waals surface area contributed by atoms with E-state index in [2.05, 4.69) is 5.16 Å². The lowest BCUT2D eigenvalue weighted by Gasteiger charge is -2.08. The maximum absolute atomic E-state index is 11.6. The van der Waals surface area contributed by atoms with Gasteiger partial charge in [0.25, 0.3) is 0 Å². The lowest BCUT2D eigenvalue weighted by molar-refractivity contribution is 0.435. The van der Waals surface area contributed by atoms with Crippen molar-refractivity contribution in [2.75, 3.05) is 12.0 Å². The zero-order valence-electron chi connectivity index (χ0n) is 10.4. The van der Waals surface area contributed by atoms with Gasteiger partial charge in [0.05, 0.1) is 4.90 Å². The Bertz CT molecular complexity index is 702. The molecule has 18 heavy (non-hydrogen) atoms. The Kier molecular flexibility index (Phi) is 2.90. The van der Waals surface area contributed by atoms with Gasteiger partial charge in [-0.1, -0.05) is 5.16 Å². The van der Waals surface area contributed by atoms with Gasteiger partial charge in [0.1, 0.15) is 0 Å². The molecule has 0 amide bonds. The lowest BCUT2D eigenvalue weighted by atomic mass is 10.0. The molecular formula is C12H14N2O3S. The maximum atomic E-state index is 11.6. The van der Waals surface area contributed by atoms with Crippen LogP contribution in [-0.4, -0.2) is 19.8 Å². The molecule has 2 aromatic rings. The minimum Gasteiger partial charge on any atom is -0.381 e. The van der Waals surface area contributed by atoms with Crippen molar-refractivity contribution in [3.63, 3.8) is 0 Å². The summed E-state index contributed by atoms with van der Waals surface area (Å²) in [5.74, 6) is 0.741. The average molecular weight is 266 g/mol. The van der Waals surface area contributed by atoms with Gasteiger partial charge in [0.15, 0.2) is 21.4 Å². The monoisotopic (exact) mass is 266 g/mol. The molecule has 0 saturated carbocycles. The number of nitrogens with zero attached hydrogens (tertiary/aromatic N) is 1. The molecular weight excluding hydrogens is 252 g/mol. The molecule has 6 heteroatoms. The summed E-state index contributed by atoms with van der Waals surface area (Å²) in [6, 6.07) is 4.80. The van der Waals surface area contributed by atoms with E-state index < -0.39 is 9.84 Å². The summed E-state index contributed by atoms with van der Waals surface area (Å²) in [7, 11) is -3.26. The quantitative estimate of drug-likeness (QED) is 0.897. The Morgan fingerprint density at radius 3 is 2.39 bits per heavy atom.